The van der Waals surface area contributed by atoms with E-state index in [2.05, 4.69) is 0 Å². The predicted octanol–water partition coefficient (Wildman–Crippen LogP) is 6.31. The molecule has 11 heteroatoms. The molecular formula is C31H39N3O6S2. The van der Waals surface area contributed by atoms with Crippen molar-refractivity contribution < 1.29 is 28.7 Å². The Bertz CT molecular complexity index is 1440. The van der Waals surface area contributed by atoms with Crippen LogP contribution in [0.5, 0.6) is 0 Å². The first-order valence-corrected chi connectivity index (χ1v) is 15.9. The zero-order valence-corrected chi connectivity index (χ0v) is 27.1. The minimum atomic E-state index is -0.628. The highest BCUT2D eigenvalue weighted by Gasteiger charge is 2.53. The number of carbonyl (C=O) groups excluding carboxylic acids is 4. The molecule has 42 heavy (non-hydrogen) atoms. The molecule has 0 radical (unpaired) electrons. The molecule has 0 saturated carbocycles. The molecule has 2 saturated heterocycles. The Morgan fingerprint density at radius 3 is 1.90 bits per heavy atom. The summed E-state index contributed by atoms with van der Waals surface area (Å²) in [7, 11) is 3.77. The molecule has 4 aliphatic rings. The van der Waals surface area contributed by atoms with Crippen molar-refractivity contribution >= 4 is 46.7 Å². The molecule has 0 bridgehead atoms. The molecule has 0 aromatic carbocycles. The van der Waals surface area contributed by atoms with E-state index in [-0.39, 0.29) is 35.7 Å². The normalized spacial score (nSPS) is 25.1. The third-order valence-electron chi connectivity index (χ3n) is 7.58. The van der Waals surface area contributed by atoms with Gasteiger partial charge in [0, 0.05) is 48.0 Å². The largest absolute Gasteiger partial charge is 0.443 e. The number of carbonyl (C=O) groups is 4. The van der Waals surface area contributed by atoms with E-state index in [4.69, 9.17) is 9.47 Å². The molecule has 2 aromatic rings. The number of amides is 4. The molecule has 2 fully saturated rings. The van der Waals surface area contributed by atoms with E-state index in [0.29, 0.717) is 12.0 Å². The molecule has 6 rings (SSSR count). The third kappa shape index (κ3) is 5.73. The van der Waals surface area contributed by atoms with Crippen LogP contribution < -0.4 is 0 Å². The van der Waals surface area contributed by atoms with Crippen LogP contribution in [0.15, 0.2) is 34.7 Å². The van der Waals surface area contributed by atoms with Crippen LogP contribution in [-0.2, 0) is 31.9 Å². The number of imide groups is 2. The zero-order chi connectivity index (χ0) is 30.7. The molecule has 2 aliphatic carbocycles. The van der Waals surface area contributed by atoms with Crippen molar-refractivity contribution in [1.82, 2.24) is 14.7 Å². The number of nitrogens with zero attached hydrogens (tertiary/aromatic N) is 3. The second-order valence-corrected chi connectivity index (χ2v) is 15.4. The monoisotopic (exact) mass is 613 g/mol. The van der Waals surface area contributed by atoms with Gasteiger partial charge in [0.25, 0.3) is 5.91 Å². The van der Waals surface area contributed by atoms with Gasteiger partial charge in [0.1, 0.15) is 11.2 Å². The highest BCUT2D eigenvalue weighted by atomic mass is 32.1. The summed E-state index contributed by atoms with van der Waals surface area (Å²) in [6.45, 7) is 10.9. The lowest BCUT2D eigenvalue weighted by atomic mass is 9.97. The van der Waals surface area contributed by atoms with E-state index < -0.39 is 23.4 Å². The van der Waals surface area contributed by atoms with Crippen molar-refractivity contribution in [3.8, 4) is 0 Å². The van der Waals surface area contributed by atoms with Crippen LogP contribution in [0.4, 0.5) is 9.59 Å². The van der Waals surface area contributed by atoms with Crippen LogP contribution in [0, 0.1) is 11.8 Å². The van der Waals surface area contributed by atoms with Gasteiger partial charge in [-0.2, -0.15) is 0 Å². The Morgan fingerprint density at radius 2 is 1.36 bits per heavy atom. The molecule has 4 amide bonds. The van der Waals surface area contributed by atoms with Gasteiger partial charge < -0.3 is 14.4 Å². The fourth-order valence-corrected chi connectivity index (χ4v) is 8.18. The second-order valence-electron chi connectivity index (χ2n) is 13.4. The first kappa shape index (κ1) is 30.3. The maximum atomic E-state index is 12.8. The van der Waals surface area contributed by atoms with Crippen LogP contribution >= 0.6 is 22.7 Å². The summed E-state index contributed by atoms with van der Waals surface area (Å²) in [6, 6.07) is 3.71. The lowest BCUT2D eigenvalue weighted by molar-refractivity contribution is -0.128. The molecule has 2 aromatic heterocycles. The van der Waals surface area contributed by atoms with Crippen LogP contribution in [0.25, 0.3) is 0 Å². The molecule has 0 N–H and O–H groups in total. The van der Waals surface area contributed by atoms with E-state index in [1.54, 1.807) is 22.7 Å². The van der Waals surface area contributed by atoms with Gasteiger partial charge in [-0.25, -0.2) is 19.4 Å². The van der Waals surface area contributed by atoms with Gasteiger partial charge in [0.15, 0.2) is 0 Å². The SMILES string of the molecule is CC(C)(C)OC(=O)N1C(=O)CC2Cc3sccc3C21.CN(C)/C=C1/C(=O)N(C(=O)OC(C)(C)C)C2c3ccsc3CC12. The number of hydrogen-bond donors (Lipinski definition) is 0. The summed E-state index contributed by atoms with van der Waals surface area (Å²) in [5.41, 5.74) is 1.70. The van der Waals surface area contributed by atoms with Crippen molar-refractivity contribution in [3.63, 3.8) is 0 Å². The summed E-state index contributed by atoms with van der Waals surface area (Å²) in [6.07, 6.45) is 2.93. The maximum Gasteiger partial charge on any atom is 0.417 e. The Kier molecular flexibility index (Phi) is 7.81. The van der Waals surface area contributed by atoms with Crippen molar-refractivity contribution in [1.29, 1.82) is 0 Å². The summed E-state index contributed by atoms with van der Waals surface area (Å²) in [5, 5.41) is 4.04. The van der Waals surface area contributed by atoms with E-state index >= 15 is 0 Å². The average molecular weight is 614 g/mol. The molecule has 4 atom stereocenters. The standard InChI is InChI=1S/C17H22N2O3S.C14H17NO3S/c1-17(2,3)22-16(21)19-14-10-6-7-23-13(10)8-11(14)12(15(19)20)9-18(4)5;1-14(2,3)18-13(17)15-11(16)7-8-6-10-9(12(8)15)4-5-19-10/h6-7,9,11,14H,8H2,1-5H3;4-5,8,12H,6-7H2,1-3H3/b12-9+;. The van der Waals surface area contributed by atoms with Gasteiger partial charge in [0.2, 0.25) is 5.91 Å². The molecule has 226 valence electrons. The third-order valence-corrected chi connectivity index (χ3v) is 9.50. The summed E-state index contributed by atoms with van der Waals surface area (Å²) in [4.78, 5) is 56.8. The Labute approximate surface area is 255 Å². The maximum absolute atomic E-state index is 12.8. The number of fused-ring (bicyclic) bond motifs is 6. The fraction of sp³-hybridized carbons (Fsp3) is 0.548. The van der Waals surface area contributed by atoms with E-state index in [1.807, 2.05) is 89.6 Å². The van der Waals surface area contributed by atoms with Gasteiger partial charge in [-0.15, -0.1) is 22.7 Å². The highest BCUT2D eigenvalue weighted by molar-refractivity contribution is 7.10. The summed E-state index contributed by atoms with van der Waals surface area (Å²) >= 11 is 3.39. The summed E-state index contributed by atoms with van der Waals surface area (Å²) < 4.78 is 10.8. The van der Waals surface area contributed by atoms with Crippen LogP contribution in [0.1, 0.15) is 80.9 Å². The van der Waals surface area contributed by atoms with Crippen LogP contribution in [-0.4, -0.2) is 64.0 Å². The van der Waals surface area contributed by atoms with Crippen molar-refractivity contribution in [2.75, 3.05) is 14.1 Å². The van der Waals surface area contributed by atoms with Gasteiger partial charge in [-0.1, -0.05) is 0 Å². The molecule has 2 aliphatic heterocycles. The smallest absolute Gasteiger partial charge is 0.417 e. The lowest BCUT2D eigenvalue weighted by Gasteiger charge is -2.27. The Balaban J connectivity index is 0.000000171. The average Bonchev–Trinajstić information content (AvgIpc) is 3.63. The van der Waals surface area contributed by atoms with Gasteiger partial charge in [0.05, 0.1) is 12.1 Å². The molecule has 4 heterocycles. The van der Waals surface area contributed by atoms with E-state index in [0.717, 1.165) is 24.0 Å². The number of ether oxygens (including phenoxy) is 2. The van der Waals surface area contributed by atoms with Gasteiger partial charge >= 0.3 is 12.2 Å². The van der Waals surface area contributed by atoms with Crippen LogP contribution in [0.2, 0.25) is 0 Å². The van der Waals surface area contributed by atoms with Crippen molar-refractivity contribution in [2.45, 2.75) is 84.1 Å². The van der Waals surface area contributed by atoms with Gasteiger partial charge in [-0.3, -0.25) is 9.59 Å². The minimum Gasteiger partial charge on any atom is -0.443 e. The number of thiophene rings is 2. The van der Waals surface area contributed by atoms with E-state index in [9.17, 15) is 19.2 Å². The van der Waals surface area contributed by atoms with E-state index in [1.165, 1.54) is 19.6 Å². The molecule has 9 nitrogen and oxygen atoms in total. The highest BCUT2D eigenvalue weighted by Crippen LogP contribution is 2.52. The van der Waals surface area contributed by atoms with Crippen LogP contribution in [0.3, 0.4) is 0 Å². The number of likely N-dealkylation sites (tertiary alicyclic amines) is 2. The Hall–Kier alpha value is -3.18. The zero-order valence-electron chi connectivity index (χ0n) is 25.4. The van der Waals surface area contributed by atoms with Crippen molar-refractivity contribution in [3.05, 3.63) is 55.5 Å². The number of rotatable bonds is 1. The molecule has 0 spiro atoms. The topological polar surface area (TPSA) is 96.5 Å². The van der Waals surface area contributed by atoms with Crippen molar-refractivity contribution in [2.24, 2.45) is 11.8 Å². The molecule has 4 unspecified atom stereocenters. The quantitative estimate of drug-likeness (QED) is 0.348. The lowest BCUT2D eigenvalue weighted by Crippen LogP contribution is -2.39. The predicted molar refractivity (Wildman–Crippen MR) is 161 cm³/mol. The second kappa shape index (κ2) is 10.8. The fourth-order valence-electron chi connectivity index (χ4n) is 6.19. The van der Waals surface area contributed by atoms with Gasteiger partial charge in [-0.05, 0) is 94.3 Å². The number of hydrogen-bond acceptors (Lipinski definition) is 9. The minimum absolute atomic E-state index is 0.0277. The first-order valence-electron chi connectivity index (χ1n) is 14.2. The first-order chi connectivity index (χ1) is 19.6. The summed E-state index contributed by atoms with van der Waals surface area (Å²) in [5.74, 6) is -0.0803. The Morgan fingerprint density at radius 1 is 0.833 bits per heavy atom. The molecular weight excluding hydrogens is 574 g/mol.